The maximum Gasteiger partial charge on any atom is 0.311 e. The SMILES string of the molecule is O=C(NCC1(C(=O)O)CCCCC1)C1CCCS1. The number of amides is 1. The van der Waals surface area contributed by atoms with Gasteiger partial charge in [0.05, 0.1) is 10.7 Å². The summed E-state index contributed by atoms with van der Waals surface area (Å²) < 4.78 is 0. The molecule has 5 heteroatoms. The van der Waals surface area contributed by atoms with Crippen molar-refractivity contribution in [1.29, 1.82) is 0 Å². The quantitative estimate of drug-likeness (QED) is 0.821. The third-order valence-electron chi connectivity index (χ3n) is 4.09. The van der Waals surface area contributed by atoms with Gasteiger partial charge >= 0.3 is 5.97 Å². The van der Waals surface area contributed by atoms with E-state index in [4.69, 9.17) is 0 Å². The van der Waals surface area contributed by atoms with Gasteiger partial charge in [-0.1, -0.05) is 19.3 Å². The highest BCUT2D eigenvalue weighted by molar-refractivity contribution is 8.00. The van der Waals surface area contributed by atoms with E-state index in [-0.39, 0.29) is 11.2 Å². The maximum atomic E-state index is 11.9. The van der Waals surface area contributed by atoms with Crippen molar-refractivity contribution in [3.63, 3.8) is 0 Å². The largest absolute Gasteiger partial charge is 0.481 e. The van der Waals surface area contributed by atoms with Crippen LogP contribution in [0.2, 0.25) is 0 Å². The first kappa shape index (κ1) is 13.7. The molecule has 1 saturated heterocycles. The van der Waals surface area contributed by atoms with Crippen molar-refractivity contribution in [1.82, 2.24) is 5.32 Å². The van der Waals surface area contributed by atoms with Crippen LogP contribution in [-0.2, 0) is 9.59 Å². The fourth-order valence-corrected chi connectivity index (χ4v) is 4.04. The molecule has 0 aromatic heterocycles. The van der Waals surface area contributed by atoms with Gasteiger partial charge in [0.2, 0.25) is 5.91 Å². The molecule has 0 aromatic rings. The second-order valence-corrected chi connectivity index (χ2v) is 6.68. The van der Waals surface area contributed by atoms with Crippen LogP contribution < -0.4 is 5.32 Å². The lowest BCUT2D eigenvalue weighted by Crippen LogP contribution is -2.46. The zero-order valence-corrected chi connectivity index (χ0v) is 11.4. The summed E-state index contributed by atoms with van der Waals surface area (Å²) in [5.41, 5.74) is -0.711. The smallest absolute Gasteiger partial charge is 0.311 e. The number of hydrogen-bond acceptors (Lipinski definition) is 3. The summed E-state index contributed by atoms with van der Waals surface area (Å²) in [6.45, 7) is 0.304. The molecule has 2 rings (SSSR count). The molecule has 4 nitrogen and oxygen atoms in total. The van der Waals surface area contributed by atoms with E-state index in [0.717, 1.165) is 37.9 Å². The first-order chi connectivity index (χ1) is 8.64. The number of aliphatic carboxylic acids is 1. The molecule has 0 spiro atoms. The van der Waals surface area contributed by atoms with Gasteiger partial charge < -0.3 is 10.4 Å². The Hall–Kier alpha value is -0.710. The molecular formula is C13H21NO3S. The van der Waals surface area contributed by atoms with E-state index in [9.17, 15) is 14.7 Å². The molecule has 102 valence electrons. The fourth-order valence-electron chi connectivity index (χ4n) is 2.85. The van der Waals surface area contributed by atoms with Gasteiger partial charge in [0, 0.05) is 6.54 Å². The first-order valence-corrected chi connectivity index (χ1v) is 7.82. The van der Waals surface area contributed by atoms with Crippen LogP contribution in [0.15, 0.2) is 0 Å². The van der Waals surface area contributed by atoms with Crippen LogP contribution in [0.3, 0.4) is 0 Å². The average Bonchev–Trinajstić information content (AvgIpc) is 2.91. The Balaban J connectivity index is 1.89. The third kappa shape index (κ3) is 2.99. The van der Waals surface area contributed by atoms with E-state index in [1.807, 2.05) is 0 Å². The van der Waals surface area contributed by atoms with Gasteiger partial charge in [0.1, 0.15) is 0 Å². The highest BCUT2D eigenvalue weighted by Gasteiger charge is 2.40. The summed E-state index contributed by atoms with van der Waals surface area (Å²) in [6, 6.07) is 0. The van der Waals surface area contributed by atoms with Crippen LogP contribution in [0.25, 0.3) is 0 Å². The first-order valence-electron chi connectivity index (χ1n) is 6.77. The summed E-state index contributed by atoms with van der Waals surface area (Å²) in [5, 5.41) is 12.3. The topological polar surface area (TPSA) is 66.4 Å². The lowest BCUT2D eigenvalue weighted by atomic mass is 9.74. The van der Waals surface area contributed by atoms with E-state index in [1.54, 1.807) is 11.8 Å². The van der Waals surface area contributed by atoms with Crippen LogP contribution in [0.4, 0.5) is 0 Å². The van der Waals surface area contributed by atoms with Crippen molar-refractivity contribution in [3.05, 3.63) is 0 Å². The van der Waals surface area contributed by atoms with Crippen molar-refractivity contribution < 1.29 is 14.7 Å². The average molecular weight is 271 g/mol. The Morgan fingerprint density at radius 3 is 2.50 bits per heavy atom. The number of thioether (sulfide) groups is 1. The zero-order chi connectivity index (χ0) is 13.0. The number of carbonyl (C=O) groups is 2. The van der Waals surface area contributed by atoms with Crippen LogP contribution in [-0.4, -0.2) is 34.5 Å². The summed E-state index contributed by atoms with van der Waals surface area (Å²) in [5.74, 6) is 0.326. The molecule has 1 aliphatic heterocycles. The molecule has 0 radical (unpaired) electrons. The summed E-state index contributed by atoms with van der Waals surface area (Å²) in [7, 11) is 0. The molecule has 2 N–H and O–H groups in total. The minimum atomic E-state index is -0.749. The number of carboxylic acids is 1. The third-order valence-corrected chi connectivity index (χ3v) is 5.46. The van der Waals surface area contributed by atoms with Gasteiger partial charge in [-0.3, -0.25) is 9.59 Å². The lowest BCUT2D eigenvalue weighted by molar-refractivity contribution is -0.151. The molecule has 1 atom stereocenters. The number of rotatable bonds is 4. The molecule has 1 amide bonds. The van der Waals surface area contributed by atoms with E-state index >= 15 is 0 Å². The standard InChI is InChI=1S/C13H21NO3S/c15-11(10-5-4-8-18-10)14-9-13(12(16)17)6-2-1-3-7-13/h10H,1-9H2,(H,14,15)(H,16,17). The second-order valence-electron chi connectivity index (χ2n) is 5.37. The van der Waals surface area contributed by atoms with Crippen molar-refractivity contribution in [2.75, 3.05) is 12.3 Å². The van der Waals surface area contributed by atoms with Crippen molar-refractivity contribution in [2.24, 2.45) is 5.41 Å². The number of nitrogens with one attached hydrogen (secondary N) is 1. The highest BCUT2D eigenvalue weighted by atomic mass is 32.2. The number of carboxylic acid groups (broad SMARTS) is 1. The van der Waals surface area contributed by atoms with Crippen molar-refractivity contribution >= 4 is 23.6 Å². The molecule has 1 saturated carbocycles. The van der Waals surface area contributed by atoms with Gasteiger partial charge in [-0.25, -0.2) is 0 Å². The number of carbonyl (C=O) groups excluding carboxylic acids is 1. The Bertz CT molecular complexity index is 320. The normalized spacial score (nSPS) is 26.8. The van der Waals surface area contributed by atoms with Gasteiger partial charge in [0.25, 0.3) is 0 Å². The zero-order valence-electron chi connectivity index (χ0n) is 10.6. The minimum absolute atomic E-state index is 0.0312. The monoisotopic (exact) mass is 271 g/mol. The fraction of sp³-hybridized carbons (Fsp3) is 0.846. The van der Waals surface area contributed by atoms with E-state index in [1.165, 1.54) is 0 Å². The lowest BCUT2D eigenvalue weighted by Gasteiger charge is -2.33. The molecule has 2 fully saturated rings. The van der Waals surface area contributed by atoms with Crippen molar-refractivity contribution in [2.45, 2.75) is 50.2 Å². The van der Waals surface area contributed by atoms with Crippen LogP contribution in [0.1, 0.15) is 44.9 Å². The highest BCUT2D eigenvalue weighted by Crippen LogP contribution is 2.36. The molecule has 1 heterocycles. The molecule has 1 unspecified atom stereocenters. The Kier molecular flexibility index (Phi) is 4.54. The molecule has 0 aromatic carbocycles. The Labute approximate surface area is 112 Å². The van der Waals surface area contributed by atoms with Crippen LogP contribution in [0.5, 0.6) is 0 Å². The van der Waals surface area contributed by atoms with Crippen molar-refractivity contribution in [3.8, 4) is 0 Å². The minimum Gasteiger partial charge on any atom is -0.481 e. The van der Waals surface area contributed by atoms with Gasteiger partial charge in [-0.15, -0.1) is 11.8 Å². The molecule has 18 heavy (non-hydrogen) atoms. The predicted octanol–water partition coefficient (Wildman–Crippen LogP) is 2.03. The Morgan fingerprint density at radius 2 is 1.94 bits per heavy atom. The number of hydrogen-bond donors (Lipinski definition) is 2. The summed E-state index contributed by atoms with van der Waals surface area (Å²) in [6.07, 6.45) is 6.44. The molecule has 1 aliphatic carbocycles. The van der Waals surface area contributed by atoms with Gasteiger partial charge in [-0.05, 0) is 31.4 Å². The molecule has 2 aliphatic rings. The van der Waals surface area contributed by atoms with Crippen LogP contribution in [0, 0.1) is 5.41 Å². The second kappa shape index (κ2) is 5.95. The van der Waals surface area contributed by atoms with E-state index in [2.05, 4.69) is 5.32 Å². The summed E-state index contributed by atoms with van der Waals surface area (Å²) in [4.78, 5) is 23.4. The summed E-state index contributed by atoms with van der Waals surface area (Å²) >= 11 is 1.68. The predicted molar refractivity (Wildman–Crippen MR) is 71.6 cm³/mol. The van der Waals surface area contributed by atoms with E-state index in [0.29, 0.717) is 19.4 Å². The molecular weight excluding hydrogens is 250 g/mol. The Morgan fingerprint density at radius 1 is 1.22 bits per heavy atom. The van der Waals surface area contributed by atoms with Crippen LogP contribution >= 0.6 is 11.8 Å². The maximum absolute atomic E-state index is 11.9. The van der Waals surface area contributed by atoms with Gasteiger partial charge in [-0.2, -0.15) is 0 Å². The van der Waals surface area contributed by atoms with Gasteiger partial charge in [0.15, 0.2) is 0 Å². The molecule has 0 bridgehead atoms. The van der Waals surface area contributed by atoms with E-state index < -0.39 is 11.4 Å².